The number of nitrogens with zero attached hydrogens (tertiary/aromatic N) is 1. The first-order valence-electron chi connectivity index (χ1n) is 6.95. The smallest absolute Gasteiger partial charge is 0.0672 e. The van der Waals surface area contributed by atoms with Gasteiger partial charge in [-0.1, -0.05) is 33.1 Å². The zero-order valence-electron chi connectivity index (χ0n) is 11.2. The molecule has 1 fully saturated rings. The summed E-state index contributed by atoms with van der Waals surface area (Å²) in [6, 6.07) is 3.11. The Morgan fingerprint density at radius 1 is 1.29 bits per heavy atom. The summed E-state index contributed by atoms with van der Waals surface area (Å²) in [7, 11) is 0. The Morgan fingerprint density at radius 2 is 2.00 bits per heavy atom. The van der Waals surface area contributed by atoms with Crippen molar-refractivity contribution in [3.05, 3.63) is 0 Å². The molecule has 3 atom stereocenters. The monoisotopic (exact) mass is 238 g/mol. The van der Waals surface area contributed by atoms with Gasteiger partial charge in [0.15, 0.2) is 0 Å². The molecule has 1 aliphatic carbocycles. The maximum atomic E-state index is 9.23. The Balaban J connectivity index is 2.58. The predicted molar refractivity (Wildman–Crippen MR) is 69.4 cm³/mol. The van der Waals surface area contributed by atoms with Crippen molar-refractivity contribution in [2.45, 2.75) is 64.5 Å². The molecule has 0 amide bonds. The van der Waals surface area contributed by atoms with Gasteiger partial charge in [-0.25, -0.2) is 0 Å². The lowest BCUT2D eigenvalue weighted by molar-refractivity contribution is 0.223. The van der Waals surface area contributed by atoms with Gasteiger partial charge in [0.05, 0.1) is 12.0 Å². The van der Waals surface area contributed by atoms with Gasteiger partial charge in [-0.05, 0) is 25.2 Å². The highest BCUT2D eigenvalue weighted by atomic mass is 16.3. The van der Waals surface area contributed by atoms with E-state index in [0.717, 1.165) is 19.3 Å². The van der Waals surface area contributed by atoms with Gasteiger partial charge in [-0.15, -0.1) is 0 Å². The van der Waals surface area contributed by atoms with Crippen LogP contribution in [0.2, 0.25) is 0 Å². The van der Waals surface area contributed by atoms with E-state index in [4.69, 9.17) is 5.11 Å². The van der Waals surface area contributed by atoms with Gasteiger partial charge >= 0.3 is 0 Å². The molecule has 0 aromatic rings. The second-order valence-electron chi connectivity index (χ2n) is 5.51. The number of nitrogens with one attached hydrogen (secondary N) is 1. The van der Waals surface area contributed by atoms with Gasteiger partial charge in [0.2, 0.25) is 0 Å². The molecule has 0 heterocycles. The number of aliphatic hydroxyl groups is 1. The van der Waals surface area contributed by atoms with Crippen LogP contribution < -0.4 is 5.32 Å². The lowest BCUT2D eigenvalue weighted by Gasteiger charge is -2.29. The van der Waals surface area contributed by atoms with Crippen molar-refractivity contribution in [3.63, 3.8) is 0 Å². The summed E-state index contributed by atoms with van der Waals surface area (Å²) in [5.74, 6) is 0.655. The Kier molecular flexibility index (Phi) is 6.54. The molecule has 0 bridgehead atoms. The summed E-state index contributed by atoms with van der Waals surface area (Å²) >= 11 is 0. The van der Waals surface area contributed by atoms with Gasteiger partial charge in [-0.2, -0.15) is 5.26 Å². The molecule has 3 nitrogen and oxygen atoms in total. The van der Waals surface area contributed by atoms with E-state index in [0.29, 0.717) is 18.0 Å². The molecule has 0 spiro atoms. The second-order valence-corrected chi connectivity index (χ2v) is 5.51. The van der Waals surface area contributed by atoms with E-state index in [1.165, 1.54) is 19.3 Å². The molecular weight excluding hydrogens is 212 g/mol. The van der Waals surface area contributed by atoms with Crippen LogP contribution in [0.25, 0.3) is 0 Å². The van der Waals surface area contributed by atoms with Gasteiger partial charge in [0, 0.05) is 18.7 Å². The van der Waals surface area contributed by atoms with Crippen molar-refractivity contribution in [1.29, 1.82) is 5.26 Å². The van der Waals surface area contributed by atoms with Crippen LogP contribution in [0.15, 0.2) is 0 Å². The van der Waals surface area contributed by atoms with Crippen molar-refractivity contribution in [2.75, 3.05) is 6.61 Å². The van der Waals surface area contributed by atoms with Crippen LogP contribution in [-0.2, 0) is 0 Å². The van der Waals surface area contributed by atoms with E-state index in [9.17, 15) is 5.26 Å². The van der Waals surface area contributed by atoms with Gasteiger partial charge in [-0.3, -0.25) is 0 Å². The molecule has 2 N–H and O–H groups in total. The first-order chi connectivity index (χ1) is 8.19. The normalized spacial score (nSPS) is 27.5. The van der Waals surface area contributed by atoms with E-state index in [-0.39, 0.29) is 12.5 Å². The molecule has 0 aromatic carbocycles. The quantitative estimate of drug-likeness (QED) is 0.723. The van der Waals surface area contributed by atoms with Crippen LogP contribution in [0.3, 0.4) is 0 Å². The number of nitriles is 1. The summed E-state index contributed by atoms with van der Waals surface area (Å²) in [6.07, 6.45) is 6.57. The largest absolute Gasteiger partial charge is 0.396 e. The van der Waals surface area contributed by atoms with Crippen LogP contribution in [0.1, 0.15) is 52.4 Å². The maximum Gasteiger partial charge on any atom is 0.0672 e. The minimum atomic E-state index is 0.150. The molecule has 1 aliphatic rings. The fourth-order valence-corrected chi connectivity index (χ4v) is 2.68. The SMILES string of the molecule is CC(C)C(CCO)NC1CCCCCC1C#N. The molecule has 3 unspecified atom stereocenters. The number of rotatable bonds is 5. The molecule has 1 rings (SSSR count). The standard InChI is InChI=1S/C14H26N2O/c1-11(2)13(8-9-17)16-14-7-5-3-4-6-12(14)10-15/h11-14,16-17H,3-9H2,1-2H3. The number of hydrogen-bond acceptors (Lipinski definition) is 3. The zero-order chi connectivity index (χ0) is 12.7. The lowest BCUT2D eigenvalue weighted by Crippen LogP contribution is -2.45. The molecule has 0 aliphatic heterocycles. The van der Waals surface area contributed by atoms with E-state index in [2.05, 4.69) is 25.2 Å². The third-order valence-corrected chi connectivity index (χ3v) is 3.85. The van der Waals surface area contributed by atoms with Crippen molar-refractivity contribution >= 4 is 0 Å². The topological polar surface area (TPSA) is 56.0 Å². The minimum absolute atomic E-state index is 0.150. The highest BCUT2D eigenvalue weighted by Gasteiger charge is 2.26. The molecule has 17 heavy (non-hydrogen) atoms. The van der Waals surface area contributed by atoms with Crippen LogP contribution in [-0.4, -0.2) is 23.8 Å². The molecule has 0 saturated heterocycles. The summed E-state index contributed by atoms with van der Waals surface area (Å²) < 4.78 is 0. The lowest BCUT2D eigenvalue weighted by atomic mass is 9.92. The van der Waals surface area contributed by atoms with Crippen molar-refractivity contribution in [3.8, 4) is 6.07 Å². The fraction of sp³-hybridized carbons (Fsp3) is 0.929. The Labute approximate surface area is 105 Å². The van der Waals surface area contributed by atoms with E-state index in [1.54, 1.807) is 0 Å². The Hall–Kier alpha value is -0.590. The maximum absolute atomic E-state index is 9.23. The van der Waals surface area contributed by atoms with Crippen LogP contribution in [0.5, 0.6) is 0 Å². The summed E-state index contributed by atoms with van der Waals surface area (Å²) in [4.78, 5) is 0. The molecule has 3 heteroatoms. The van der Waals surface area contributed by atoms with Crippen molar-refractivity contribution in [1.82, 2.24) is 5.32 Å². The van der Waals surface area contributed by atoms with E-state index in [1.807, 2.05) is 0 Å². The zero-order valence-corrected chi connectivity index (χ0v) is 11.2. The first kappa shape index (κ1) is 14.5. The van der Waals surface area contributed by atoms with Crippen LogP contribution in [0, 0.1) is 23.2 Å². The summed E-state index contributed by atoms with van der Waals surface area (Å²) in [6.45, 7) is 4.57. The fourth-order valence-electron chi connectivity index (χ4n) is 2.68. The molecule has 0 radical (unpaired) electrons. The average molecular weight is 238 g/mol. The van der Waals surface area contributed by atoms with Crippen molar-refractivity contribution in [2.24, 2.45) is 11.8 Å². The van der Waals surface area contributed by atoms with Crippen LogP contribution >= 0.6 is 0 Å². The Bertz CT molecular complexity index is 247. The van der Waals surface area contributed by atoms with E-state index < -0.39 is 0 Å². The van der Waals surface area contributed by atoms with Gasteiger partial charge < -0.3 is 10.4 Å². The summed E-state index contributed by atoms with van der Waals surface area (Å²) in [5.41, 5.74) is 0. The Morgan fingerprint density at radius 3 is 2.59 bits per heavy atom. The molecular formula is C14H26N2O. The second kappa shape index (κ2) is 7.68. The number of aliphatic hydroxyl groups excluding tert-OH is 1. The van der Waals surface area contributed by atoms with Crippen molar-refractivity contribution < 1.29 is 5.11 Å². The highest BCUT2D eigenvalue weighted by molar-refractivity contribution is 4.95. The predicted octanol–water partition coefficient (Wildman–Crippen LogP) is 2.46. The molecule has 0 aromatic heterocycles. The third kappa shape index (κ3) is 4.65. The van der Waals surface area contributed by atoms with Gasteiger partial charge in [0.25, 0.3) is 0 Å². The third-order valence-electron chi connectivity index (χ3n) is 3.85. The first-order valence-corrected chi connectivity index (χ1v) is 6.95. The average Bonchev–Trinajstić information content (AvgIpc) is 2.53. The highest BCUT2D eigenvalue weighted by Crippen LogP contribution is 2.24. The number of hydrogen-bond donors (Lipinski definition) is 2. The molecule has 98 valence electrons. The summed E-state index contributed by atoms with van der Waals surface area (Å²) in [5, 5.41) is 21.9. The molecule has 1 saturated carbocycles. The van der Waals surface area contributed by atoms with Crippen LogP contribution in [0.4, 0.5) is 0 Å². The van der Waals surface area contributed by atoms with E-state index >= 15 is 0 Å². The minimum Gasteiger partial charge on any atom is -0.396 e. The van der Waals surface area contributed by atoms with Gasteiger partial charge in [0.1, 0.15) is 0 Å².